The number of aliphatic hydroxyl groups excluding tert-OH is 2. The number of aliphatic hydroxyl groups is 2. The van der Waals surface area contributed by atoms with Gasteiger partial charge in [-0.3, -0.25) is 4.79 Å². The molecule has 2 aromatic heterocycles. The van der Waals surface area contributed by atoms with Gasteiger partial charge in [-0.15, -0.1) is 0 Å². The van der Waals surface area contributed by atoms with Crippen LogP contribution in [0.2, 0.25) is 0 Å². The Balaban J connectivity index is 1.77. The Labute approximate surface area is 171 Å². The Morgan fingerprint density at radius 2 is 2.07 bits per heavy atom. The molecule has 4 atom stereocenters. The summed E-state index contributed by atoms with van der Waals surface area (Å²) in [5.41, 5.74) is 1.37. The van der Waals surface area contributed by atoms with Crippen molar-refractivity contribution in [2.75, 3.05) is 12.4 Å². The van der Waals surface area contributed by atoms with E-state index in [-0.39, 0.29) is 23.8 Å². The number of anilines is 1. The first-order valence-corrected chi connectivity index (χ1v) is 9.45. The van der Waals surface area contributed by atoms with Gasteiger partial charge < -0.3 is 20.1 Å². The van der Waals surface area contributed by atoms with Crippen molar-refractivity contribution in [1.82, 2.24) is 19.5 Å². The summed E-state index contributed by atoms with van der Waals surface area (Å²) in [6.07, 6.45) is -0.506. The fourth-order valence-electron chi connectivity index (χ4n) is 3.77. The van der Waals surface area contributed by atoms with Crippen LogP contribution in [-0.4, -0.2) is 54.8 Å². The van der Waals surface area contributed by atoms with E-state index in [4.69, 9.17) is 0 Å². The summed E-state index contributed by atoms with van der Waals surface area (Å²) in [6.45, 7) is 1.40. The number of aromatic nitrogens is 4. The van der Waals surface area contributed by atoms with Crippen LogP contribution in [0.25, 0.3) is 11.2 Å². The lowest BCUT2D eigenvalue weighted by atomic mass is 10.0. The third-order valence-corrected chi connectivity index (χ3v) is 5.33. The molecule has 9 heteroatoms. The summed E-state index contributed by atoms with van der Waals surface area (Å²) in [4.78, 5) is 24.9. The van der Waals surface area contributed by atoms with Crippen molar-refractivity contribution in [3.63, 3.8) is 0 Å². The molecule has 0 bridgehead atoms. The van der Waals surface area contributed by atoms with E-state index in [0.29, 0.717) is 22.5 Å². The second-order valence-electron chi connectivity index (χ2n) is 7.23. The highest BCUT2D eigenvalue weighted by Crippen LogP contribution is 2.37. The topological polar surface area (TPSA) is 113 Å². The number of benzene rings is 1. The summed E-state index contributed by atoms with van der Waals surface area (Å²) >= 11 is 0. The van der Waals surface area contributed by atoms with Crippen LogP contribution in [-0.2, 0) is 4.79 Å². The van der Waals surface area contributed by atoms with Crippen molar-refractivity contribution < 1.29 is 19.4 Å². The van der Waals surface area contributed by atoms with Crippen LogP contribution in [0.15, 0.2) is 30.6 Å². The highest BCUT2D eigenvalue weighted by Gasteiger charge is 2.45. The van der Waals surface area contributed by atoms with Gasteiger partial charge in [0, 0.05) is 18.5 Å². The molecule has 0 saturated heterocycles. The second-order valence-corrected chi connectivity index (χ2v) is 7.23. The van der Waals surface area contributed by atoms with Gasteiger partial charge in [-0.2, -0.15) is 0 Å². The third-order valence-electron chi connectivity index (χ3n) is 5.33. The Kier molecular flexibility index (Phi) is 5.20. The Morgan fingerprint density at radius 1 is 1.27 bits per heavy atom. The predicted octanol–water partition coefficient (Wildman–Crippen LogP) is 1.28. The van der Waals surface area contributed by atoms with Gasteiger partial charge in [-0.1, -0.05) is 12.0 Å². The number of imidazole rings is 1. The number of fused-ring (bicyclic) bond motifs is 1. The highest BCUT2D eigenvalue weighted by atomic mass is 19.1. The molecule has 0 amide bonds. The van der Waals surface area contributed by atoms with Crippen LogP contribution >= 0.6 is 0 Å². The first kappa shape index (κ1) is 19.9. The van der Waals surface area contributed by atoms with Crippen LogP contribution < -0.4 is 5.32 Å². The zero-order valence-electron chi connectivity index (χ0n) is 16.4. The zero-order chi connectivity index (χ0) is 21.4. The number of halogens is 1. The molecule has 2 heterocycles. The van der Waals surface area contributed by atoms with Crippen LogP contribution in [0.1, 0.15) is 30.8 Å². The van der Waals surface area contributed by atoms with E-state index in [0.717, 1.165) is 0 Å². The molecule has 154 valence electrons. The number of carbonyl (C=O) groups is 1. The molecule has 30 heavy (non-hydrogen) atoms. The van der Waals surface area contributed by atoms with Gasteiger partial charge in [0.2, 0.25) is 5.82 Å². The lowest BCUT2D eigenvalue weighted by Crippen LogP contribution is -2.31. The number of hydrogen-bond acceptors (Lipinski definition) is 7. The molecule has 0 spiro atoms. The van der Waals surface area contributed by atoms with Gasteiger partial charge in [0.25, 0.3) is 0 Å². The van der Waals surface area contributed by atoms with Crippen LogP contribution in [0, 0.1) is 23.6 Å². The minimum atomic E-state index is -1.15. The molecule has 0 aliphatic heterocycles. The quantitative estimate of drug-likeness (QED) is 0.559. The molecular weight excluding hydrogens is 389 g/mol. The Bertz CT molecular complexity index is 1180. The Hall–Kier alpha value is -3.35. The fraction of sp³-hybridized carbons (Fsp3) is 0.333. The molecule has 1 unspecified atom stereocenters. The molecule has 8 nitrogen and oxygen atoms in total. The van der Waals surface area contributed by atoms with E-state index < -0.39 is 24.2 Å². The van der Waals surface area contributed by atoms with Gasteiger partial charge in [0.1, 0.15) is 17.7 Å². The fourth-order valence-corrected chi connectivity index (χ4v) is 3.77. The number of carbonyl (C=O) groups excluding carboxylic acids is 1. The van der Waals surface area contributed by atoms with E-state index in [1.54, 1.807) is 23.7 Å². The third kappa shape index (κ3) is 3.51. The van der Waals surface area contributed by atoms with Crippen molar-refractivity contribution in [2.45, 2.75) is 31.6 Å². The maximum absolute atomic E-state index is 13.4. The smallest absolute Gasteiger partial charge is 0.209 e. The monoisotopic (exact) mass is 409 g/mol. The van der Waals surface area contributed by atoms with Crippen molar-refractivity contribution in [1.29, 1.82) is 0 Å². The molecular formula is C21H20FN5O3. The van der Waals surface area contributed by atoms with Gasteiger partial charge in [0.15, 0.2) is 17.0 Å². The minimum absolute atomic E-state index is 0.180. The van der Waals surface area contributed by atoms with Crippen LogP contribution in [0.5, 0.6) is 0 Å². The zero-order valence-corrected chi connectivity index (χ0v) is 16.4. The van der Waals surface area contributed by atoms with Crippen LogP contribution in [0.3, 0.4) is 0 Å². The summed E-state index contributed by atoms with van der Waals surface area (Å²) in [5.74, 6) is 5.07. The number of rotatable bonds is 3. The summed E-state index contributed by atoms with van der Waals surface area (Å²) in [7, 11) is 1.69. The van der Waals surface area contributed by atoms with Crippen molar-refractivity contribution in [3.8, 4) is 11.8 Å². The average Bonchev–Trinajstić information content (AvgIpc) is 3.27. The molecule has 1 aliphatic rings. The molecule has 1 saturated carbocycles. The average molecular weight is 409 g/mol. The van der Waals surface area contributed by atoms with Gasteiger partial charge in [-0.25, -0.2) is 19.3 Å². The number of Topliss-reactive ketones (excluding diaryl/α,β-unsaturated/α-hetero) is 1. The van der Waals surface area contributed by atoms with E-state index in [2.05, 4.69) is 32.1 Å². The summed E-state index contributed by atoms with van der Waals surface area (Å²) in [5, 5.41) is 23.7. The molecule has 3 aromatic rings. The summed E-state index contributed by atoms with van der Waals surface area (Å²) < 4.78 is 15.0. The van der Waals surface area contributed by atoms with E-state index >= 15 is 0 Å². The summed E-state index contributed by atoms with van der Waals surface area (Å²) in [6, 6.07) is 5.32. The predicted molar refractivity (Wildman–Crippen MR) is 107 cm³/mol. The van der Waals surface area contributed by atoms with Crippen molar-refractivity contribution in [2.24, 2.45) is 5.92 Å². The second kappa shape index (κ2) is 7.82. The maximum Gasteiger partial charge on any atom is 0.209 e. The normalized spacial score (nSPS) is 23.2. The van der Waals surface area contributed by atoms with Gasteiger partial charge in [0.05, 0.1) is 18.5 Å². The SMILES string of the molecule is CNc1nc(C#Cc2cccc(F)c2)nc2c1ncn2[C@@H]1C[C@H](C(C)=O)C(O)[C@H]1O. The number of hydrogen-bond donors (Lipinski definition) is 3. The van der Waals surface area contributed by atoms with E-state index in [1.807, 2.05) is 0 Å². The van der Waals surface area contributed by atoms with Gasteiger partial charge >= 0.3 is 0 Å². The molecule has 4 rings (SSSR count). The molecule has 1 fully saturated rings. The number of nitrogens with one attached hydrogen (secondary N) is 1. The largest absolute Gasteiger partial charge is 0.390 e. The molecule has 0 radical (unpaired) electrons. The number of ketones is 1. The van der Waals surface area contributed by atoms with E-state index in [9.17, 15) is 19.4 Å². The molecule has 1 aromatic carbocycles. The van der Waals surface area contributed by atoms with Gasteiger partial charge in [-0.05, 0) is 37.5 Å². The first-order valence-electron chi connectivity index (χ1n) is 9.45. The minimum Gasteiger partial charge on any atom is -0.390 e. The highest BCUT2D eigenvalue weighted by molar-refractivity contribution is 5.83. The lowest BCUT2D eigenvalue weighted by Gasteiger charge is -2.18. The number of nitrogens with zero attached hydrogens (tertiary/aromatic N) is 4. The molecule has 3 N–H and O–H groups in total. The van der Waals surface area contributed by atoms with E-state index in [1.165, 1.54) is 25.4 Å². The van der Waals surface area contributed by atoms with Crippen molar-refractivity contribution in [3.05, 3.63) is 47.8 Å². The Morgan fingerprint density at radius 3 is 2.73 bits per heavy atom. The maximum atomic E-state index is 13.4. The van der Waals surface area contributed by atoms with Crippen LogP contribution in [0.4, 0.5) is 10.2 Å². The lowest BCUT2D eigenvalue weighted by molar-refractivity contribution is -0.124. The molecule has 1 aliphatic carbocycles. The van der Waals surface area contributed by atoms with Crippen molar-refractivity contribution >= 4 is 22.8 Å². The first-order chi connectivity index (χ1) is 14.4. The standard InChI is InChI=1S/C21H20FN5O3/c1-11(28)14-9-15(19(30)18(14)29)27-10-24-17-20(23-2)25-16(26-21(17)27)7-6-12-4-3-5-13(22)8-12/h3-5,8,10,14-15,18-19,29-30H,9H2,1-2H3,(H,23,25,26)/t14-,15-,18?,19+/m1/s1.